The van der Waals surface area contributed by atoms with Gasteiger partial charge in [0.2, 0.25) is 11.8 Å². The summed E-state index contributed by atoms with van der Waals surface area (Å²) in [6, 6.07) is 7.06. The van der Waals surface area contributed by atoms with E-state index in [1.165, 1.54) is 18.1 Å². The normalized spacial score (nSPS) is 26.2. The zero-order valence-corrected chi connectivity index (χ0v) is 29.2. The second kappa shape index (κ2) is 15.6. The van der Waals surface area contributed by atoms with Gasteiger partial charge in [-0.25, -0.2) is 0 Å². The number of fused-ring (bicyclic) bond motifs is 3. The molecule has 260 valence electrons. The first kappa shape index (κ1) is 36.1. The number of methoxy groups -OCH3 is 1. The Morgan fingerprint density at radius 2 is 1.96 bits per heavy atom. The second-order valence-corrected chi connectivity index (χ2v) is 14.2. The van der Waals surface area contributed by atoms with E-state index >= 15 is 0 Å². The maximum atomic E-state index is 14.3. The number of carbonyl (C=O) groups is 3. The molecule has 0 aromatic heterocycles. The summed E-state index contributed by atoms with van der Waals surface area (Å²) in [6.45, 7) is 5.98. The second-order valence-electron chi connectivity index (χ2n) is 13.3. The van der Waals surface area contributed by atoms with Crippen LogP contribution >= 0.6 is 23.2 Å². The lowest BCUT2D eigenvalue weighted by atomic mass is 9.75. The summed E-state index contributed by atoms with van der Waals surface area (Å²) in [4.78, 5) is 41.2. The van der Waals surface area contributed by atoms with Crippen molar-refractivity contribution in [3.05, 3.63) is 68.7 Å². The molecule has 3 aliphatic rings. The summed E-state index contributed by atoms with van der Waals surface area (Å²) in [5.74, 6) is 0.0554. The minimum Gasteiger partial charge on any atom is -0.493 e. The number of aldehydes is 1. The number of hydrogen-bond acceptors (Lipinski definition) is 8. The van der Waals surface area contributed by atoms with Gasteiger partial charge in [-0.2, -0.15) is 0 Å². The van der Waals surface area contributed by atoms with Crippen molar-refractivity contribution in [2.75, 3.05) is 26.9 Å². The number of halogens is 2. The maximum absolute atomic E-state index is 14.3. The van der Waals surface area contributed by atoms with Crippen LogP contribution in [0.5, 0.6) is 11.5 Å². The molecule has 48 heavy (non-hydrogen) atoms. The van der Waals surface area contributed by atoms with Crippen LogP contribution in [0.3, 0.4) is 0 Å². The van der Waals surface area contributed by atoms with E-state index in [-0.39, 0.29) is 43.7 Å². The Labute approximate surface area is 291 Å². The van der Waals surface area contributed by atoms with E-state index < -0.39 is 36.0 Å². The Hall–Kier alpha value is -3.15. The minimum absolute atomic E-state index is 0.0140. The first-order valence-corrected chi connectivity index (χ1v) is 17.2. The summed E-state index contributed by atoms with van der Waals surface area (Å²) in [7, 11) is 1.44. The van der Waals surface area contributed by atoms with E-state index in [0.717, 1.165) is 19.3 Å². The molecular formula is C36H44Cl2N2O8. The quantitative estimate of drug-likeness (QED) is 0.265. The molecule has 7 atom stereocenters. The summed E-state index contributed by atoms with van der Waals surface area (Å²) < 4.78 is 18.2. The lowest BCUT2D eigenvalue weighted by Gasteiger charge is -2.41. The number of aliphatic hydroxyl groups is 2. The molecule has 5 rings (SSSR count). The van der Waals surface area contributed by atoms with Gasteiger partial charge in [-0.15, -0.1) is 0 Å². The van der Waals surface area contributed by atoms with Crippen LogP contribution in [0.4, 0.5) is 0 Å². The highest BCUT2D eigenvalue weighted by atomic mass is 35.5. The zero-order valence-electron chi connectivity index (χ0n) is 27.7. The third-order valence-corrected chi connectivity index (χ3v) is 10.4. The molecule has 1 fully saturated rings. The SMILES string of the molecule is COc1cc(C=O)cc2c1OC1C2C(C(=O)NCCO)=CC(N(Cc2ccc(Cl)cc2Cl)C(=O)COC2CC(C)CCC2C(C)C)C1O. The highest BCUT2D eigenvalue weighted by molar-refractivity contribution is 6.35. The van der Waals surface area contributed by atoms with Crippen LogP contribution in [0.2, 0.25) is 10.0 Å². The molecule has 1 heterocycles. The molecular weight excluding hydrogens is 659 g/mol. The largest absolute Gasteiger partial charge is 0.493 e. The molecule has 12 heteroatoms. The summed E-state index contributed by atoms with van der Waals surface area (Å²) in [5.41, 5.74) is 1.61. The molecule has 0 spiro atoms. The molecule has 1 aliphatic heterocycles. The number of aliphatic hydroxyl groups excluding tert-OH is 2. The van der Waals surface area contributed by atoms with Crippen molar-refractivity contribution in [1.82, 2.24) is 10.2 Å². The van der Waals surface area contributed by atoms with Gasteiger partial charge in [0.1, 0.15) is 25.1 Å². The Bertz CT molecular complexity index is 1550. The third kappa shape index (κ3) is 7.53. The Morgan fingerprint density at radius 3 is 2.62 bits per heavy atom. The summed E-state index contributed by atoms with van der Waals surface area (Å²) in [5, 5.41) is 24.9. The van der Waals surface area contributed by atoms with E-state index in [9.17, 15) is 24.6 Å². The van der Waals surface area contributed by atoms with Gasteiger partial charge >= 0.3 is 0 Å². The number of benzene rings is 2. The number of amides is 2. The van der Waals surface area contributed by atoms with Crippen molar-refractivity contribution >= 4 is 41.3 Å². The van der Waals surface area contributed by atoms with E-state index in [0.29, 0.717) is 56.5 Å². The highest BCUT2D eigenvalue weighted by Crippen LogP contribution is 2.51. The fraction of sp³-hybridized carbons (Fsp3) is 0.528. The van der Waals surface area contributed by atoms with Crippen LogP contribution in [-0.4, -0.2) is 84.4 Å². The third-order valence-electron chi connectivity index (χ3n) is 9.83. The molecule has 2 aromatic rings. The predicted molar refractivity (Wildman–Crippen MR) is 182 cm³/mol. The van der Waals surface area contributed by atoms with Gasteiger partial charge in [-0.1, -0.05) is 56.5 Å². The molecule has 10 nitrogen and oxygen atoms in total. The number of nitrogens with one attached hydrogen (secondary N) is 1. The number of rotatable bonds is 12. The smallest absolute Gasteiger partial charge is 0.249 e. The predicted octanol–water partition coefficient (Wildman–Crippen LogP) is 4.94. The molecule has 0 bridgehead atoms. The minimum atomic E-state index is -1.31. The topological polar surface area (TPSA) is 135 Å². The highest BCUT2D eigenvalue weighted by Gasteiger charge is 2.51. The van der Waals surface area contributed by atoms with Crippen LogP contribution in [-0.2, 0) is 20.9 Å². The van der Waals surface area contributed by atoms with Crippen molar-refractivity contribution in [3.63, 3.8) is 0 Å². The van der Waals surface area contributed by atoms with Crippen molar-refractivity contribution in [2.45, 2.75) is 76.9 Å². The maximum Gasteiger partial charge on any atom is 0.249 e. The average molecular weight is 704 g/mol. The van der Waals surface area contributed by atoms with Gasteiger partial charge in [-0.05, 0) is 66.5 Å². The fourth-order valence-corrected chi connectivity index (χ4v) is 7.79. The Morgan fingerprint density at radius 1 is 1.19 bits per heavy atom. The number of nitrogens with zero attached hydrogens (tertiary/aromatic N) is 1. The molecule has 2 aliphatic carbocycles. The zero-order chi connectivity index (χ0) is 34.7. The average Bonchev–Trinajstić information content (AvgIpc) is 3.45. The van der Waals surface area contributed by atoms with Crippen LogP contribution in [0, 0.1) is 17.8 Å². The standard InChI is InChI=1S/C36H44Cl2N2O8/c1-19(2)24-8-5-20(3)11-29(24)47-18-31(43)40(16-22-6-7-23(37)14-27(22)38)28-15-26(36(45)39-9-10-41)32-25-12-21(17-42)13-30(46-4)34(25)48-35(32)33(28)44/h6-7,12-15,17,19-20,24,28-29,32-33,35,41,44H,5,8-11,16,18H2,1-4H3,(H,39,45). The van der Waals surface area contributed by atoms with Crippen molar-refractivity contribution in [1.29, 1.82) is 0 Å². The summed E-state index contributed by atoms with van der Waals surface area (Å²) in [6.07, 6.45) is 2.80. The number of hydrogen-bond donors (Lipinski definition) is 3. The molecule has 7 unspecified atom stereocenters. The van der Waals surface area contributed by atoms with Crippen LogP contribution in [0.25, 0.3) is 0 Å². The van der Waals surface area contributed by atoms with E-state index in [4.69, 9.17) is 37.4 Å². The lowest BCUT2D eigenvalue weighted by molar-refractivity contribution is -0.148. The van der Waals surface area contributed by atoms with E-state index in [2.05, 4.69) is 26.1 Å². The van der Waals surface area contributed by atoms with Crippen LogP contribution in [0.1, 0.15) is 67.4 Å². The Kier molecular flexibility index (Phi) is 11.7. The first-order valence-electron chi connectivity index (χ1n) is 16.4. The molecule has 0 saturated heterocycles. The van der Waals surface area contributed by atoms with E-state index in [1.807, 2.05) is 0 Å². The molecule has 2 aromatic carbocycles. The van der Waals surface area contributed by atoms with E-state index in [1.54, 1.807) is 30.3 Å². The van der Waals surface area contributed by atoms with Gasteiger partial charge in [0.05, 0.1) is 31.8 Å². The fourth-order valence-electron chi connectivity index (χ4n) is 7.32. The number of carbonyl (C=O) groups excluding carboxylic acids is 3. The van der Waals surface area contributed by atoms with Crippen molar-refractivity contribution < 1.29 is 38.8 Å². The van der Waals surface area contributed by atoms with Crippen LogP contribution < -0.4 is 14.8 Å². The lowest BCUT2D eigenvalue weighted by Crippen LogP contribution is -2.56. The van der Waals surface area contributed by atoms with Gasteiger partial charge in [0, 0.05) is 39.8 Å². The summed E-state index contributed by atoms with van der Waals surface area (Å²) >= 11 is 12.8. The molecule has 1 saturated carbocycles. The van der Waals surface area contributed by atoms with Gasteiger partial charge < -0.3 is 34.6 Å². The van der Waals surface area contributed by atoms with Gasteiger partial charge in [-0.3, -0.25) is 14.4 Å². The molecule has 2 amide bonds. The monoisotopic (exact) mass is 702 g/mol. The number of ether oxygens (including phenoxy) is 3. The van der Waals surface area contributed by atoms with Crippen molar-refractivity contribution in [3.8, 4) is 11.5 Å². The van der Waals surface area contributed by atoms with Gasteiger partial charge in [0.15, 0.2) is 11.5 Å². The first-order chi connectivity index (χ1) is 23.0. The van der Waals surface area contributed by atoms with Crippen LogP contribution in [0.15, 0.2) is 42.0 Å². The van der Waals surface area contributed by atoms with Gasteiger partial charge in [0.25, 0.3) is 0 Å². The molecule has 0 radical (unpaired) electrons. The Balaban J connectivity index is 1.55. The van der Waals surface area contributed by atoms with Crippen molar-refractivity contribution in [2.24, 2.45) is 17.8 Å². The molecule has 3 N–H and O–H groups in total.